The first-order valence-corrected chi connectivity index (χ1v) is 7.25. The second-order valence-corrected chi connectivity index (χ2v) is 5.95. The van der Waals surface area contributed by atoms with Gasteiger partial charge in [-0.05, 0) is 55.2 Å². The Morgan fingerprint density at radius 1 is 1.10 bits per heavy atom. The maximum Gasteiger partial charge on any atom is 0.335 e. The monoisotopic (exact) mass is 273 g/mol. The topological polar surface area (TPSA) is 66.4 Å². The molecule has 4 heteroatoms. The van der Waals surface area contributed by atoms with Crippen LogP contribution in [0.3, 0.4) is 0 Å². The fourth-order valence-electron chi connectivity index (χ4n) is 2.72. The number of nitrogens with one attached hydrogen (secondary N) is 1. The van der Waals surface area contributed by atoms with Crippen LogP contribution in [-0.4, -0.2) is 23.0 Å². The quantitative estimate of drug-likeness (QED) is 0.835. The van der Waals surface area contributed by atoms with Crippen LogP contribution in [0.5, 0.6) is 0 Å². The lowest BCUT2D eigenvalue weighted by Gasteiger charge is -2.17. The Morgan fingerprint density at radius 3 is 2.10 bits per heavy atom. The van der Waals surface area contributed by atoms with Crippen molar-refractivity contribution >= 4 is 11.9 Å². The smallest absolute Gasteiger partial charge is 0.335 e. The van der Waals surface area contributed by atoms with Crippen LogP contribution in [0.4, 0.5) is 0 Å². The molecule has 2 saturated carbocycles. The highest BCUT2D eigenvalue weighted by Crippen LogP contribution is 2.44. The van der Waals surface area contributed by atoms with Crippen LogP contribution < -0.4 is 5.32 Å². The van der Waals surface area contributed by atoms with E-state index in [4.69, 9.17) is 5.11 Å². The van der Waals surface area contributed by atoms with E-state index in [0.717, 1.165) is 5.56 Å². The molecule has 1 aromatic rings. The third-order valence-corrected chi connectivity index (χ3v) is 4.15. The van der Waals surface area contributed by atoms with Gasteiger partial charge in [0.05, 0.1) is 12.0 Å². The van der Waals surface area contributed by atoms with Crippen molar-refractivity contribution in [2.75, 3.05) is 0 Å². The highest BCUT2D eigenvalue weighted by molar-refractivity contribution is 5.87. The SMILES string of the molecule is O=C(Cc1ccc(C(=O)O)cc1)NC(C1CC1)C1CC1. The highest BCUT2D eigenvalue weighted by Gasteiger charge is 2.42. The molecule has 2 aliphatic rings. The number of amides is 1. The molecule has 0 bridgehead atoms. The predicted octanol–water partition coefficient (Wildman–Crippen LogP) is 2.23. The van der Waals surface area contributed by atoms with Crippen molar-refractivity contribution in [2.24, 2.45) is 11.8 Å². The molecular weight excluding hydrogens is 254 g/mol. The molecule has 2 N–H and O–H groups in total. The Kier molecular flexibility index (Phi) is 3.47. The van der Waals surface area contributed by atoms with Gasteiger partial charge < -0.3 is 10.4 Å². The van der Waals surface area contributed by atoms with Crippen LogP contribution in [0, 0.1) is 11.8 Å². The summed E-state index contributed by atoms with van der Waals surface area (Å²) >= 11 is 0. The van der Waals surface area contributed by atoms with Gasteiger partial charge in [0.25, 0.3) is 0 Å². The largest absolute Gasteiger partial charge is 0.478 e. The molecule has 1 aromatic carbocycles. The van der Waals surface area contributed by atoms with E-state index in [2.05, 4.69) is 5.32 Å². The van der Waals surface area contributed by atoms with Crippen molar-refractivity contribution in [3.8, 4) is 0 Å². The third kappa shape index (κ3) is 3.18. The number of benzene rings is 1. The van der Waals surface area contributed by atoms with Gasteiger partial charge >= 0.3 is 5.97 Å². The zero-order valence-corrected chi connectivity index (χ0v) is 11.3. The van der Waals surface area contributed by atoms with Crippen molar-refractivity contribution in [1.29, 1.82) is 0 Å². The van der Waals surface area contributed by atoms with Crippen LogP contribution in [0.25, 0.3) is 0 Å². The normalized spacial score (nSPS) is 18.1. The molecule has 0 aliphatic heterocycles. The molecule has 106 valence electrons. The number of hydrogen-bond donors (Lipinski definition) is 2. The zero-order chi connectivity index (χ0) is 14.1. The molecule has 0 radical (unpaired) electrons. The summed E-state index contributed by atoms with van der Waals surface area (Å²) in [4.78, 5) is 22.8. The minimum atomic E-state index is -0.941. The van der Waals surface area contributed by atoms with Gasteiger partial charge in [0.15, 0.2) is 0 Å². The molecule has 2 aliphatic carbocycles. The molecule has 0 unspecified atom stereocenters. The zero-order valence-electron chi connectivity index (χ0n) is 11.3. The minimum Gasteiger partial charge on any atom is -0.478 e. The van der Waals surface area contributed by atoms with Crippen LogP contribution in [0.1, 0.15) is 41.6 Å². The molecule has 0 heterocycles. The molecule has 0 spiro atoms. The summed E-state index contributed by atoms with van der Waals surface area (Å²) in [5.74, 6) is 0.502. The second-order valence-electron chi connectivity index (χ2n) is 5.95. The summed E-state index contributed by atoms with van der Waals surface area (Å²) < 4.78 is 0. The maximum atomic E-state index is 12.1. The van der Waals surface area contributed by atoms with E-state index in [-0.39, 0.29) is 11.5 Å². The van der Waals surface area contributed by atoms with Gasteiger partial charge in [0.1, 0.15) is 0 Å². The van der Waals surface area contributed by atoms with Crippen molar-refractivity contribution in [1.82, 2.24) is 5.32 Å². The average molecular weight is 273 g/mol. The van der Waals surface area contributed by atoms with E-state index in [1.807, 2.05) is 0 Å². The van der Waals surface area contributed by atoms with Crippen LogP contribution in [0.2, 0.25) is 0 Å². The molecule has 4 nitrogen and oxygen atoms in total. The lowest BCUT2D eigenvalue weighted by atomic mass is 10.1. The van der Waals surface area contributed by atoms with Gasteiger partial charge in [0.2, 0.25) is 5.91 Å². The van der Waals surface area contributed by atoms with Crippen LogP contribution >= 0.6 is 0 Å². The first-order valence-electron chi connectivity index (χ1n) is 7.25. The van der Waals surface area contributed by atoms with Gasteiger partial charge in [-0.3, -0.25) is 4.79 Å². The summed E-state index contributed by atoms with van der Waals surface area (Å²) in [5, 5.41) is 12.0. The van der Waals surface area contributed by atoms with Gasteiger partial charge in [0, 0.05) is 6.04 Å². The summed E-state index contributed by atoms with van der Waals surface area (Å²) in [6.07, 6.45) is 5.31. The lowest BCUT2D eigenvalue weighted by molar-refractivity contribution is -0.121. The number of carbonyl (C=O) groups is 2. The van der Waals surface area contributed by atoms with E-state index < -0.39 is 5.97 Å². The molecular formula is C16H19NO3. The Bertz CT molecular complexity index is 503. The molecule has 0 atom stereocenters. The van der Waals surface area contributed by atoms with Gasteiger partial charge in [-0.2, -0.15) is 0 Å². The summed E-state index contributed by atoms with van der Waals surface area (Å²) in [6, 6.07) is 6.90. The average Bonchev–Trinajstić information content (AvgIpc) is 3.28. The number of rotatable bonds is 6. The number of carbonyl (C=O) groups excluding carboxylic acids is 1. The van der Waals surface area contributed by atoms with E-state index in [9.17, 15) is 9.59 Å². The number of carboxylic acids is 1. The van der Waals surface area contributed by atoms with Gasteiger partial charge in [-0.1, -0.05) is 12.1 Å². The Morgan fingerprint density at radius 2 is 1.65 bits per heavy atom. The molecule has 1 amide bonds. The van der Waals surface area contributed by atoms with E-state index in [1.165, 1.54) is 25.7 Å². The Labute approximate surface area is 118 Å². The fourth-order valence-corrected chi connectivity index (χ4v) is 2.72. The molecule has 20 heavy (non-hydrogen) atoms. The molecule has 0 aromatic heterocycles. The van der Waals surface area contributed by atoms with Crippen LogP contribution in [0.15, 0.2) is 24.3 Å². The third-order valence-electron chi connectivity index (χ3n) is 4.15. The molecule has 3 rings (SSSR count). The first-order chi connectivity index (χ1) is 9.63. The number of hydrogen-bond acceptors (Lipinski definition) is 2. The van der Waals surface area contributed by atoms with E-state index in [1.54, 1.807) is 24.3 Å². The Balaban J connectivity index is 1.56. The summed E-state index contributed by atoms with van der Waals surface area (Å²) in [5.41, 5.74) is 1.11. The van der Waals surface area contributed by atoms with E-state index in [0.29, 0.717) is 24.3 Å². The van der Waals surface area contributed by atoms with Crippen molar-refractivity contribution < 1.29 is 14.7 Å². The Hall–Kier alpha value is -1.84. The number of carboxylic acid groups (broad SMARTS) is 1. The fraction of sp³-hybridized carbons (Fsp3) is 0.500. The van der Waals surface area contributed by atoms with Crippen molar-refractivity contribution in [3.63, 3.8) is 0 Å². The highest BCUT2D eigenvalue weighted by atomic mass is 16.4. The summed E-state index contributed by atoms with van der Waals surface area (Å²) in [7, 11) is 0. The number of aromatic carboxylic acids is 1. The van der Waals surface area contributed by atoms with E-state index >= 15 is 0 Å². The van der Waals surface area contributed by atoms with Crippen molar-refractivity contribution in [3.05, 3.63) is 35.4 Å². The predicted molar refractivity (Wildman–Crippen MR) is 74.5 cm³/mol. The molecule has 0 saturated heterocycles. The lowest BCUT2D eigenvalue weighted by Crippen LogP contribution is -2.38. The first kappa shape index (κ1) is 13.2. The summed E-state index contributed by atoms with van der Waals surface area (Å²) in [6.45, 7) is 0. The van der Waals surface area contributed by atoms with Crippen molar-refractivity contribution in [2.45, 2.75) is 38.1 Å². The molecule has 2 fully saturated rings. The minimum absolute atomic E-state index is 0.0527. The van der Waals surface area contributed by atoms with Gasteiger partial charge in [-0.25, -0.2) is 4.79 Å². The maximum absolute atomic E-state index is 12.1. The van der Waals surface area contributed by atoms with Gasteiger partial charge in [-0.15, -0.1) is 0 Å². The standard InChI is InChI=1S/C16H19NO3/c18-14(17-15(11-5-6-11)12-7-8-12)9-10-1-3-13(4-2-10)16(19)20/h1-4,11-12,15H,5-9H2,(H,17,18)(H,19,20). The second kappa shape index (κ2) is 5.27. The van der Waals surface area contributed by atoms with Crippen LogP contribution in [-0.2, 0) is 11.2 Å².